The van der Waals surface area contributed by atoms with Crippen molar-refractivity contribution in [3.05, 3.63) is 68.1 Å². The highest BCUT2D eigenvalue weighted by Crippen LogP contribution is 2.12. The minimum absolute atomic E-state index is 0.110. The minimum Gasteiger partial charge on any atom is -0.457 e. The van der Waals surface area contributed by atoms with Gasteiger partial charge in [0, 0.05) is 11.8 Å². The maximum absolute atomic E-state index is 12.4. The first-order valence-electron chi connectivity index (χ1n) is 7.97. The number of hydrogen-bond donors (Lipinski definition) is 0. The number of fused-ring (bicyclic) bond motifs is 2. The molecule has 0 saturated carbocycles. The molecule has 1 aromatic carbocycles. The molecule has 0 unspecified atom stereocenters. The molecule has 0 aliphatic carbocycles. The molecule has 0 amide bonds. The third-order valence-electron chi connectivity index (χ3n) is 3.80. The number of aryl methyl sites for hydroxylation is 1. The molecule has 0 N–H and O–H groups in total. The summed E-state index contributed by atoms with van der Waals surface area (Å²) in [6, 6.07) is 8.28. The Labute approximate surface area is 155 Å². The quantitative estimate of drug-likeness (QED) is 0.482. The van der Waals surface area contributed by atoms with Crippen LogP contribution in [0.15, 0.2) is 46.2 Å². The fourth-order valence-corrected chi connectivity index (χ4v) is 3.42. The highest BCUT2D eigenvalue weighted by molar-refractivity contribution is 7.16. The van der Waals surface area contributed by atoms with Crippen molar-refractivity contribution in [2.75, 3.05) is 0 Å². The molecule has 4 rings (SSSR count). The molecule has 0 radical (unpaired) electrons. The molecule has 4 aromatic rings. The van der Waals surface area contributed by atoms with E-state index in [1.165, 1.54) is 21.5 Å². The number of esters is 1. The molecule has 3 heterocycles. The highest BCUT2D eigenvalue weighted by atomic mass is 32.1. The van der Waals surface area contributed by atoms with Crippen molar-refractivity contribution < 1.29 is 9.53 Å². The second kappa shape index (κ2) is 6.72. The Kier molecular flexibility index (Phi) is 4.24. The zero-order valence-electron chi connectivity index (χ0n) is 14.2. The van der Waals surface area contributed by atoms with Crippen molar-refractivity contribution in [1.82, 2.24) is 24.1 Å². The number of carbonyl (C=O) groups is 1. The van der Waals surface area contributed by atoms with Crippen LogP contribution in [0.1, 0.15) is 10.7 Å². The van der Waals surface area contributed by atoms with E-state index >= 15 is 0 Å². The van der Waals surface area contributed by atoms with Crippen LogP contribution >= 0.6 is 11.3 Å². The summed E-state index contributed by atoms with van der Waals surface area (Å²) < 4.78 is 7.54. The van der Waals surface area contributed by atoms with E-state index < -0.39 is 5.97 Å². The molecular formula is C17H13N5O4S. The Morgan fingerprint density at radius 3 is 2.93 bits per heavy atom. The van der Waals surface area contributed by atoms with E-state index in [9.17, 15) is 14.4 Å². The van der Waals surface area contributed by atoms with Gasteiger partial charge >= 0.3 is 5.97 Å². The predicted molar refractivity (Wildman–Crippen MR) is 97.7 cm³/mol. The fraction of sp³-hybridized carbons (Fsp3) is 0.176. The predicted octanol–water partition coefficient (Wildman–Crippen LogP) is 0.913. The number of benzene rings is 1. The SMILES string of the molecule is Cc1cc(=O)n2nc(COC(=O)Cn3cnc4ccccc4c3=O)sc2n1. The van der Waals surface area contributed by atoms with Gasteiger partial charge in [0.15, 0.2) is 5.01 Å². The molecule has 0 bridgehead atoms. The number of aromatic nitrogens is 5. The summed E-state index contributed by atoms with van der Waals surface area (Å²) >= 11 is 1.16. The van der Waals surface area contributed by atoms with Crippen LogP contribution in [0.5, 0.6) is 0 Å². The number of rotatable bonds is 4. The average molecular weight is 383 g/mol. The Morgan fingerprint density at radius 1 is 1.26 bits per heavy atom. The highest BCUT2D eigenvalue weighted by Gasteiger charge is 2.12. The molecule has 9 nitrogen and oxygen atoms in total. The number of ether oxygens (including phenoxy) is 1. The van der Waals surface area contributed by atoms with E-state index in [0.29, 0.717) is 26.6 Å². The number of carbonyl (C=O) groups excluding carboxylic acids is 1. The summed E-state index contributed by atoms with van der Waals surface area (Å²) in [4.78, 5) is 45.1. The van der Waals surface area contributed by atoms with E-state index in [1.54, 1.807) is 31.2 Å². The molecule has 27 heavy (non-hydrogen) atoms. The van der Waals surface area contributed by atoms with Crippen molar-refractivity contribution in [1.29, 1.82) is 0 Å². The van der Waals surface area contributed by atoms with Crippen LogP contribution in [-0.4, -0.2) is 30.1 Å². The van der Waals surface area contributed by atoms with Gasteiger partial charge in [0.1, 0.15) is 13.2 Å². The maximum atomic E-state index is 12.4. The first-order chi connectivity index (χ1) is 13.0. The first-order valence-corrected chi connectivity index (χ1v) is 8.79. The fourth-order valence-electron chi connectivity index (χ4n) is 2.56. The minimum atomic E-state index is -0.607. The Hall–Kier alpha value is -3.40. The zero-order chi connectivity index (χ0) is 19.0. The van der Waals surface area contributed by atoms with Crippen LogP contribution < -0.4 is 11.1 Å². The van der Waals surface area contributed by atoms with Crippen LogP contribution in [0.2, 0.25) is 0 Å². The lowest BCUT2D eigenvalue weighted by Crippen LogP contribution is -2.25. The molecule has 0 atom stereocenters. The number of para-hydroxylation sites is 1. The lowest BCUT2D eigenvalue weighted by atomic mass is 10.2. The second-order valence-corrected chi connectivity index (χ2v) is 6.82. The van der Waals surface area contributed by atoms with Gasteiger partial charge in [0.05, 0.1) is 17.2 Å². The molecule has 0 spiro atoms. The molecule has 0 fully saturated rings. The molecular weight excluding hydrogens is 370 g/mol. The molecule has 0 aliphatic heterocycles. The van der Waals surface area contributed by atoms with Crippen molar-refractivity contribution >= 4 is 33.2 Å². The Bertz CT molecular complexity index is 1290. The lowest BCUT2D eigenvalue weighted by molar-refractivity contribution is -0.145. The third kappa shape index (κ3) is 3.34. The Morgan fingerprint density at radius 2 is 2.07 bits per heavy atom. The van der Waals surface area contributed by atoms with Crippen LogP contribution in [0.4, 0.5) is 0 Å². The van der Waals surface area contributed by atoms with Gasteiger partial charge in [-0.1, -0.05) is 23.5 Å². The van der Waals surface area contributed by atoms with Crippen molar-refractivity contribution in [2.45, 2.75) is 20.1 Å². The van der Waals surface area contributed by atoms with Crippen LogP contribution in [0.25, 0.3) is 15.9 Å². The van der Waals surface area contributed by atoms with Gasteiger partial charge in [0.25, 0.3) is 11.1 Å². The largest absolute Gasteiger partial charge is 0.457 e. The summed E-state index contributed by atoms with van der Waals surface area (Å²) in [5.74, 6) is -0.607. The summed E-state index contributed by atoms with van der Waals surface area (Å²) in [5.41, 5.74) is 0.550. The monoisotopic (exact) mass is 383 g/mol. The average Bonchev–Trinajstić information content (AvgIpc) is 3.06. The van der Waals surface area contributed by atoms with Crippen molar-refractivity contribution in [3.63, 3.8) is 0 Å². The standard InChI is InChI=1S/C17H13N5O4S/c1-10-6-14(23)22-17(19-10)27-13(20-22)8-26-15(24)7-21-9-18-12-5-3-2-4-11(12)16(21)25/h2-6,9H,7-8H2,1H3. The van der Waals surface area contributed by atoms with E-state index in [4.69, 9.17) is 4.74 Å². The van der Waals surface area contributed by atoms with E-state index in [2.05, 4.69) is 15.1 Å². The summed E-state index contributed by atoms with van der Waals surface area (Å²) in [6.45, 7) is 1.34. The van der Waals surface area contributed by atoms with Gasteiger partial charge in [-0.3, -0.25) is 19.0 Å². The smallest absolute Gasteiger partial charge is 0.326 e. The van der Waals surface area contributed by atoms with Crippen LogP contribution in [0.3, 0.4) is 0 Å². The van der Waals surface area contributed by atoms with Crippen LogP contribution in [0, 0.1) is 6.92 Å². The van der Waals surface area contributed by atoms with Gasteiger partial charge in [-0.05, 0) is 19.1 Å². The van der Waals surface area contributed by atoms with E-state index in [-0.39, 0.29) is 24.3 Å². The molecule has 10 heteroatoms. The van der Waals surface area contributed by atoms with Gasteiger partial charge < -0.3 is 4.74 Å². The van der Waals surface area contributed by atoms with Crippen LogP contribution in [-0.2, 0) is 22.7 Å². The summed E-state index contributed by atoms with van der Waals surface area (Å²) in [6.07, 6.45) is 1.32. The lowest BCUT2D eigenvalue weighted by Gasteiger charge is -2.06. The number of hydrogen-bond acceptors (Lipinski definition) is 8. The zero-order valence-corrected chi connectivity index (χ0v) is 15.0. The van der Waals surface area contributed by atoms with Gasteiger partial charge in [-0.2, -0.15) is 9.61 Å². The normalized spacial score (nSPS) is 11.1. The Balaban J connectivity index is 1.49. The first kappa shape index (κ1) is 17.0. The molecule has 136 valence electrons. The van der Waals surface area contributed by atoms with Gasteiger partial charge in [0.2, 0.25) is 4.96 Å². The number of nitrogens with zero attached hydrogens (tertiary/aromatic N) is 5. The third-order valence-corrected chi connectivity index (χ3v) is 4.68. The summed E-state index contributed by atoms with van der Waals surface area (Å²) in [7, 11) is 0. The van der Waals surface area contributed by atoms with E-state index in [1.807, 2.05) is 0 Å². The topological polar surface area (TPSA) is 108 Å². The molecule has 3 aromatic heterocycles. The molecule has 0 saturated heterocycles. The van der Waals surface area contributed by atoms with E-state index in [0.717, 1.165) is 11.3 Å². The maximum Gasteiger partial charge on any atom is 0.326 e. The summed E-state index contributed by atoms with van der Waals surface area (Å²) in [5, 5.41) is 4.96. The van der Waals surface area contributed by atoms with Gasteiger partial charge in [-0.25, -0.2) is 9.97 Å². The second-order valence-electron chi connectivity index (χ2n) is 5.78. The molecule has 0 aliphatic rings. The van der Waals surface area contributed by atoms with Crippen molar-refractivity contribution in [3.8, 4) is 0 Å². The van der Waals surface area contributed by atoms with Gasteiger partial charge in [-0.15, -0.1) is 0 Å². The van der Waals surface area contributed by atoms with Crippen molar-refractivity contribution in [2.24, 2.45) is 0 Å².